The molecule has 0 aliphatic heterocycles. The van der Waals surface area contributed by atoms with Crippen molar-refractivity contribution in [2.45, 2.75) is 19.9 Å². The van der Waals surface area contributed by atoms with Crippen LogP contribution in [-0.2, 0) is 0 Å². The van der Waals surface area contributed by atoms with E-state index >= 15 is 0 Å². The van der Waals surface area contributed by atoms with E-state index in [0.29, 0.717) is 18.0 Å². The molecule has 0 saturated heterocycles. The zero-order valence-corrected chi connectivity index (χ0v) is 10.8. The topological polar surface area (TPSA) is 90.4 Å². The minimum atomic E-state index is -0.432. The second kappa shape index (κ2) is 6.20. The van der Waals surface area contributed by atoms with E-state index in [1.165, 1.54) is 13.2 Å². The van der Waals surface area contributed by atoms with E-state index in [-0.39, 0.29) is 17.6 Å². The van der Waals surface area contributed by atoms with Crippen molar-refractivity contribution in [3.63, 3.8) is 0 Å². The molecule has 0 fully saturated rings. The number of hydrogen-bond acceptors (Lipinski definition) is 5. The second-order valence-corrected chi connectivity index (χ2v) is 4.37. The van der Waals surface area contributed by atoms with Gasteiger partial charge in [0.05, 0.1) is 18.1 Å². The van der Waals surface area contributed by atoms with Crippen molar-refractivity contribution in [3.8, 4) is 5.75 Å². The summed E-state index contributed by atoms with van der Waals surface area (Å²) in [5.74, 6) is 0.748. The van der Waals surface area contributed by atoms with Crippen molar-refractivity contribution in [2.75, 3.05) is 19.0 Å². The molecule has 1 rings (SSSR count). The summed E-state index contributed by atoms with van der Waals surface area (Å²) in [6.45, 7) is 4.45. The number of nitro groups is 1. The number of methoxy groups -OCH3 is 1. The Kier molecular flexibility index (Phi) is 4.91. The molecule has 0 aliphatic rings. The summed E-state index contributed by atoms with van der Waals surface area (Å²) in [5.41, 5.74) is 6.10. The Morgan fingerprint density at radius 3 is 2.61 bits per heavy atom. The molecule has 0 aromatic heterocycles. The summed E-state index contributed by atoms with van der Waals surface area (Å²) in [7, 11) is 1.48. The highest BCUT2D eigenvalue weighted by molar-refractivity contribution is 5.64. The van der Waals surface area contributed by atoms with Crippen LogP contribution < -0.4 is 15.8 Å². The molecule has 18 heavy (non-hydrogen) atoms. The molecule has 0 saturated carbocycles. The highest BCUT2D eigenvalue weighted by Gasteiger charge is 2.19. The van der Waals surface area contributed by atoms with Gasteiger partial charge < -0.3 is 15.8 Å². The number of nitrogens with two attached hydrogens (primary N) is 1. The molecule has 0 aliphatic carbocycles. The van der Waals surface area contributed by atoms with Crippen LogP contribution in [0.5, 0.6) is 5.75 Å². The minimum Gasteiger partial charge on any atom is -0.496 e. The molecule has 0 heterocycles. The zero-order chi connectivity index (χ0) is 13.7. The fourth-order valence-corrected chi connectivity index (χ4v) is 1.61. The van der Waals surface area contributed by atoms with Gasteiger partial charge in [-0.3, -0.25) is 10.1 Å². The van der Waals surface area contributed by atoms with E-state index in [9.17, 15) is 10.1 Å². The Hall–Kier alpha value is -1.82. The van der Waals surface area contributed by atoms with Crippen molar-refractivity contribution in [1.29, 1.82) is 0 Å². The third kappa shape index (κ3) is 3.33. The molecule has 1 atom stereocenters. The standard InChI is InChI=1S/C12H19N3O3/c1-8(2)11(7-13)14-10-5-4-9(18-3)6-12(10)15(16)17/h4-6,8,11,14H,7,13H2,1-3H3. The molecule has 6 heteroatoms. The SMILES string of the molecule is COc1ccc(NC(CN)C(C)C)c([N+](=O)[O-])c1. The van der Waals surface area contributed by atoms with Gasteiger partial charge in [0.15, 0.2) is 0 Å². The summed E-state index contributed by atoms with van der Waals surface area (Å²) < 4.78 is 4.98. The maximum absolute atomic E-state index is 11.0. The van der Waals surface area contributed by atoms with Crippen LogP contribution in [0.1, 0.15) is 13.8 Å². The van der Waals surface area contributed by atoms with Gasteiger partial charge in [0.2, 0.25) is 0 Å². The van der Waals surface area contributed by atoms with E-state index < -0.39 is 4.92 Å². The number of hydrogen-bond donors (Lipinski definition) is 2. The van der Waals surface area contributed by atoms with E-state index in [1.54, 1.807) is 12.1 Å². The summed E-state index contributed by atoms with van der Waals surface area (Å²) in [6.07, 6.45) is 0. The van der Waals surface area contributed by atoms with Crippen molar-refractivity contribution < 1.29 is 9.66 Å². The highest BCUT2D eigenvalue weighted by Crippen LogP contribution is 2.29. The van der Waals surface area contributed by atoms with Crippen molar-refractivity contribution in [2.24, 2.45) is 11.7 Å². The summed E-state index contributed by atoms with van der Waals surface area (Å²) in [5, 5.41) is 14.1. The van der Waals surface area contributed by atoms with Crippen LogP contribution in [0.4, 0.5) is 11.4 Å². The number of nitrogens with zero attached hydrogens (tertiary/aromatic N) is 1. The van der Waals surface area contributed by atoms with Crippen LogP contribution in [0.3, 0.4) is 0 Å². The molecule has 1 unspecified atom stereocenters. The molecule has 1 aromatic carbocycles. The van der Waals surface area contributed by atoms with Gasteiger partial charge in [-0.2, -0.15) is 0 Å². The van der Waals surface area contributed by atoms with Gasteiger partial charge in [0, 0.05) is 12.6 Å². The van der Waals surface area contributed by atoms with Crippen LogP contribution >= 0.6 is 0 Å². The van der Waals surface area contributed by atoms with E-state index in [0.717, 1.165) is 0 Å². The van der Waals surface area contributed by atoms with Crippen LogP contribution in [0.25, 0.3) is 0 Å². The monoisotopic (exact) mass is 253 g/mol. The molecule has 3 N–H and O–H groups in total. The van der Waals surface area contributed by atoms with Gasteiger partial charge in [0.25, 0.3) is 5.69 Å². The Balaban J connectivity index is 3.04. The first-order chi connectivity index (χ1) is 8.49. The smallest absolute Gasteiger partial charge is 0.296 e. The third-order valence-electron chi connectivity index (χ3n) is 2.80. The van der Waals surface area contributed by atoms with Crippen molar-refractivity contribution >= 4 is 11.4 Å². The lowest BCUT2D eigenvalue weighted by Crippen LogP contribution is -2.33. The average molecular weight is 253 g/mol. The average Bonchev–Trinajstić information content (AvgIpc) is 2.35. The summed E-state index contributed by atoms with van der Waals surface area (Å²) >= 11 is 0. The maximum Gasteiger partial charge on any atom is 0.296 e. The minimum absolute atomic E-state index is 0.00269. The lowest BCUT2D eigenvalue weighted by atomic mass is 10.0. The van der Waals surface area contributed by atoms with Gasteiger partial charge in [0.1, 0.15) is 11.4 Å². The third-order valence-corrected chi connectivity index (χ3v) is 2.80. The van der Waals surface area contributed by atoms with Gasteiger partial charge >= 0.3 is 0 Å². The number of benzene rings is 1. The van der Waals surface area contributed by atoms with E-state index in [2.05, 4.69) is 5.32 Å². The van der Waals surface area contributed by atoms with Crippen molar-refractivity contribution in [3.05, 3.63) is 28.3 Å². The molecule has 6 nitrogen and oxygen atoms in total. The van der Waals surface area contributed by atoms with Gasteiger partial charge in [-0.1, -0.05) is 13.8 Å². The predicted octanol–water partition coefficient (Wildman–Crippen LogP) is 2.00. The number of ether oxygens (including phenoxy) is 1. The maximum atomic E-state index is 11.0. The molecular formula is C12H19N3O3. The molecule has 100 valence electrons. The summed E-state index contributed by atoms with van der Waals surface area (Å²) in [4.78, 5) is 10.6. The highest BCUT2D eigenvalue weighted by atomic mass is 16.6. The fraction of sp³-hybridized carbons (Fsp3) is 0.500. The normalized spacial score (nSPS) is 12.3. The molecule has 0 spiro atoms. The molecule has 0 radical (unpaired) electrons. The molecule has 1 aromatic rings. The molecule has 0 amide bonds. The molecule has 0 bridgehead atoms. The Labute approximate surface area is 106 Å². The Morgan fingerprint density at radius 2 is 2.17 bits per heavy atom. The summed E-state index contributed by atoms with van der Waals surface area (Å²) in [6, 6.07) is 4.72. The number of anilines is 1. The van der Waals surface area contributed by atoms with Gasteiger partial charge in [-0.15, -0.1) is 0 Å². The van der Waals surface area contributed by atoms with Gasteiger partial charge in [-0.05, 0) is 18.1 Å². The number of rotatable bonds is 6. The first-order valence-electron chi connectivity index (χ1n) is 5.78. The van der Waals surface area contributed by atoms with Crippen LogP contribution in [0.15, 0.2) is 18.2 Å². The number of nitrogens with one attached hydrogen (secondary N) is 1. The Morgan fingerprint density at radius 1 is 1.50 bits per heavy atom. The molecular weight excluding hydrogens is 234 g/mol. The predicted molar refractivity (Wildman–Crippen MR) is 71.0 cm³/mol. The first kappa shape index (κ1) is 14.2. The lowest BCUT2D eigenvalue weighted by Gasteiger charge is -2.21. The van der Waals surface area contributed by atoms with Crippen LogP contribution in [0.2, 0.25) is 0 Å². The fourth-order valence-electron chi connectivity index (χ4n) is 1.61. The number of nitro benzene ring substituents is 1. The largest absolute Gasteiger partial charge is 0.496 e. The van der Waals surface area contributed by atoms with E-state index in [4.69, 9.17) is 10.5 Å². The van der Waals surface area contributed by atoms with Crippen LogP contribution in [0, 0.1) is 16.0 Å². The van der Waals surface area contributed by atoms with Gasteiger partial charge in [-0.25, -0.2) is 0 Å². The van der Waals surface area contributed by atoms with E-state index in [1.807, 2.05) is 13.8 Å². The lowest BCUT2D eigenvalue weighted by molar-refractivity contribution is -0.384. The second-order valence-electron chi connectivity index (χ2n) is 4.37. The quantitative estimate of drug-likeness (QED) is 0.597. The van der Waals surface area contributed by atoms with Crippen LogP contribution in [-0.4, -0.2) is 24.6 Å². The zero-order valence-electron chi connectivity index (χ0n) is 10.8. The Bertz CT molecular complexity index is 421. The van der Waals surface area contributed by atoms with Crippen molar-refractivity contribution in [1.82, 2.24) is 0 Å². The first-order valence-corrected chi connectivity index (χ1v) is 5.78.